The minimum Gasteiger partial charge on any atom is -0.396 e. The third kappa shape index (κ3) is 5.22. The van der Waals surface area contributed by atoms with Crippen molar-refractivity contribution in [1.29, 1.82) is 0 Å². The lowest BCUT2D eigenvalue weighted by atomic mass is 10.0. The van der Waals surface area contributed by atoms with Gasteiger partial charge in [-0.1, -0.05) is 12.8 Å². The number of nitrogens with zero attached hydrogens (tertiary/aromatic N) is 2. The summed E-state index contributed by atoms with van der Waals surface area (Å²) in [7, 11) is 0. The van der Waals surface area contributed by atoms with Crippen LogP contribution >= 0.6 is 0 Å². The zero-order valence-electron chi connectivity index (χ0n) is 12.2. The highest BCUT2D eigenvalue weighted by atomic mass is 16.2. The number of hydrogen-bond acceptors (Lipinski definition) is 4. The minimum atomic E-state index is 0.146. The number of aliphatic hydroxyl groups excluding tert-OH is 1. The molecule has 1 aliphatic rings. The lowest BCUT2D eigenvalue weighted by Crippen LogP contribution is -2.57. The van der Waals surface area contributed by atoms with Crippen LogP contribution in [0.25, 0.3) is 0 Å². The number of piperazine rings is 1. The van der Waals surface area contributed by atoms with Gasteiger partial charge >= 0.3 is 0 Å². The molecule has 1 rings (SSSR count). The molecular formula is C14H31N3O. The van der Waals surface area contributed by atoms with Crippen molar-refractivity contribution in [1.82, 2.24) is 9.80 Å². The predicted octanol–water partition coefficient (Wildman–Crippen LogP) is 0.894. The molecule has 0 radical (unpaired) electrons. The monoisotopic (exact) mass is 257 g/mol. The van der Waals surface area contributed by atoms with Crippen molar-refractivity contribution in [3.05, 3.63) is 0 Å². The van der Waals surface area contributed by atoms with Crippen LogP contribution in [0, 0.1) is 0 Å². The Labute approximate surface area is 112 Å². The van der Waals surface area contributed by atoms with Crippen LogP contribution in [0.1, 0.15) is 39.5 Å². The van der Waals surface area contributed by atoms with Crippen LogP contribution in [-0.4, -0.2) is 66.3 Å². The normalized spacial score (nSPS) is 19.3. The molecule has 108 valence electrons. The summed E-state index contributed by atoms with van der Waals surface area (Å²) in [6.45, 7) is 11.4. The van der Waals surface area contributed by atoms with Crippen LogP contribution in [0.15, 0.2) is 0 Å². The molecule has 0 aromatic carbocycles. The number of rotatable bonds is 8. The molecule has 4 heteroatoms. The molecule has 1 fully saturated rings. The van der Waals surface area contributed by atoms with E-state index in [9.17, 15) is 0 Å². The van der Waals surface area contributed by atoms with Gasteiger partial charge in [0.15, 0.2) is 0 Å². The highest BCUT2D eigenvalue weighted by Gasteiger charge is 2.28. The fraction of sp³-hybridized carbons (Fsp3) is 1.00. The molecule has 0 aromatic heterocycles. The van der Waals surface area contributed by atoms with Gasteiger partial charge in [-0.05, 0) is 33.2 Å². The van der Waals surface area contributed by atoms with Gasteiger partial charge in [-0.15, -0.1) is 0 Å². The molecule has 0 atom stereocenters. The van der Waals surface area contributed by atoms with Crippen molar-refractivity contribution in [3.63, 3.8) is 0 Å². The Morgan fingerprint density at radius 3 is 2.17 bits per heavy atom. The first-order valence-corrected chi connectivity index (χ1v) is 7.38. The Morgan fingerprint density at radius 1 is 1.00 bits per heavy atom. The number of nitrogens with two attached hydrogens (primary N) is 1. The summed E-state index contributed by atoms with van der Waals surface area (Å²) >= 11 is 0. The lowest BCUT2D eigenvalue weighted by molar-refractivity contribution is 0.0561. The lowest BCUT2D eigenvalue weighted by Gasteiger charge is -2.43. The van der Waals surface area contributed by atoms with Crippen LogP contribution in [0.5, 0.6) is 0 Å². The van der Waals surface area contributed by atoms with Gasteiger partial charge in [-0.3, -0.25) is 4.90 Å². The highest BCUT2D eigenvalue weighted by molar-refractivity contribution is 4.86. The summed E-state index contributed by atoms with van der Waals surface area (Å²) in [5.74, 6) is 0. The molecule has 4 nitrogen and oxygen atoms in total. The molecule has 3 N–H and O–H groups in total. The second-order valence-electron chi connectivity index (χ2n) is 5.98. The van der Waals surface area contributed by atoms with E-state index in [0.29, 0.717) is 6.61 Å². The fourth-order valence-corrected chi connectivity index (χ4v) is 2.51. The maximum absolute atomic E-state index is 8.72. The average Bonchev–Trinajstić information content (AvgIpc) is 2.39. The number of aliphatic hydroxyl groups is 1. The van der Waals surface area contributed by atoms with E-state index in [1.807, 2.05) is 0 Å². The number of unbranched alkanes of at least 4 members (excludes halogenated alkanes) is 3. The summed E-state index contributed by atoms with van der Waals surface area (Å²) < 4.78 is 0. The summed E-state index contributed by atoms with van der Waals surface area (Å²) in [4.78, 5) is 5.07. The van der Waals surface area contributed by atoms with Crippen LogP contribution in [0.4, 0.5) is 0 Å². The van der Waals surface area contributed by atoms with Gasteiger partial charge in [0.2, 0.25) is 0 Å². The third-order valence-electron chi connectivity index (χ3n) is 4.11. The quantitative estimate of drug-likeness (QED) is 0.634. The SMILES string of the molecule is CC(C)(CN)N1CCN(CCCCCCO)CC1. The fourth-order valence-electron chi connectivity index (χ4n) is 2.51. The van der Waals surface area contributed by atoms with E-state index in [1.165, 1.54) is 32.5 Å². The van der Waals surface area contributed by atoms with Crippen LogP contribution in [0.3, 0.4) is 0 Å². The zero-order chi connectivity index (χ0) is 13.4. The van der Waals surface area contributed by atoms with Crippen molar-refractivity contribution in [2.75, 3.05) is 45.9 Å². The number of hydrogen-bond donors (Lipinski definition) is 2. The molecule has 0 unspecified atom stereocenters. The Kier molecular flexibility index (Phi) is 7.15. The molecule has 1 aliphatic heterocycles. The van der Waals surface area contributed by atoms with Gasteiger partial charge < -0.3 is 15.7 Å². The van der Waals surface area contributed by atoms with E-state index in [2.05, 4.69) is 23.6 Å². The Bertz CT molecular complexity index is 213. The maximum atomic E-state index is 8.72. The van der Waals surface area contributed by atoms with Crippen LogP contribution in [-0.2, 0) is 0 Å². The van der Waals surface area contributed by atoms with Gasteiger partial charge in [0.1, 0.15) is 0 Å². The first-order valence-electron chi connectivity index (χ1n) is 7.38. The smallest absolute Gasteiger partial charge is 0.0431 e. The Hall–Kier alpha value is -0.160. The van der Waals surface area contributed by atoms with Crippen molar-refractivity contribution in [2.45, 2.75) is 45.1 Å². The van der Waals surface area contributed by atoms with Gasteiger partial charge in [0.05, 0.1) is 0 Å². The molecule has 0 spiro atoms. The van der Waals surface area contributed by atoms with E-state index >= 15 is 0 Å². The summed E-state index contributed by atoms with van der Waals surface area (Å²) in [5, 5.41) is 8.72. The second-order valence-corrected chi connectivity index (χ2v) is 5.98. The van der Waals surface area contributed by atoms with E-state index in [4.69, 9.17) is 10.8 Å². The molecule has 18 heavy (non-hydrogen) atoms. The molecule has 0 aromatic rings. The van der Waals surface area contributed by atoms with Gasteiger partial charge in [-0.2, -0.15) is 0 Å². The van der Waals surface area contributed by atoms with Gasteiger partial charge in [0, 0.05) is 44.9 Å². The largest absolute Gasteiger partial charge is 0.396 e. The zero-order valence-corrected chi connectivity index (χ0v) is 12.2. The molecule has 1 saturated heterocycles. The van der Waals surface area contributed by atoms with Crippen molar-refractivity contribution in [2.24, 2.45) is 5.73 Å². The van der Waals surface area contributed by atoms with Crippen LogP contribution < -0.4 is 5.73 Å². The van der Waals surface area contributed by atoms with Gasteiger partial charge in [0.25, 0.3) is 0 Å². The molecule has 0 bridgehead atoms. The van der Waals surface area contributed by atoms with Crippen molar-refractivity contribution in [3.8, 4) is 0 Å². The Morgan fingerprint density at radius 2 is 1.61 bits per heavy atom. The van der Waals surface area contributed by atoms with E-state index in [-0.39, 0.29) is 5.54 Å². The molecule has 0 aliphatic carbocycles. The van der Waals surface area contributed by atoms with Crippen molar-refractivity contribution >= 4 is 0 Å². The van der Waals surface area contributed by atoms with E-state index in [0.717, 1.165) is 32.5 Å². The van der Waals surface area contributed by atoms with Crippen LogP contribution in [0.2, 0.25) is 0 Å². The summed E-state index contributed by atoms with van der Waals surface area (Å²) in [6.07, 6.45) is 4.63. The third-order valence-corrected chi connectivity index (χ3v) is 4.11. The molecule has 0 saturated carbocycles. The Balaban J connectivity index is 2.12. The first kappa shape index (κ1) is 15.9. The molecular weight excluding hydrogens is 226 g/mol. The summed E-state index contributed by atoms with van der Waals surface area (Å²) in [5.41, 5.74) is 5.97. The van der Waals surface area contributed by atoms with E-state index in [1.54, 1.807) is 0 Å². The summed E-state index contributed by atoms with van der Waals surface area (Å²) in [6, 6.07) is 0. The topological polar surface area (TPSA) is 52.7 Å². The highest BCUT2D eigenvalue weighted by Crippen LogP contribution is 2.15. The second kappa shape index (κ2) is 8.10. The molecule has 0 amide bonds. The average molecular weight is 257 g/mol. The predicted molar refractivity (Wildman–Crippen MR) is 76.7 cm³/mol. The standard InChI is InChI=1S/C14H31N3O/c1-14(2,13-15)17-10-8-16(9-11-17)7-5-3-4-6-12-18/h18H,3-13,15H2,1-2H3. The minimum absolute atomic E-state index is 0.146. The van der Waals surface area contributed by atoms with Crippen molar-refractivity contribution < 1.29 is 5.11 Å². The van der Waals surface area contributed by atoms with Gasteiger partial charge in [-0.25, -0.2) is 0 Å². The van der Waals surface area contributed by atoms with E-state index < -0.39 is 0 Å². The maximum Gasteiger partial charge on any atom is 0.0431 e. The molecule has 1 heterocycles. The first-order chi connectivity index (χ1) is 8.60.